The van der Waals surface area contributed by atoms with Crippen LogP contribution in [0.5, 0.6) is 0 Å². The average molecular weight is 211 g/mol. The van der Waals surface area contributed by atoms with Crippen LogP contribution in [0.4, 0.5) is 0 Å². The van der Waals surface area contributed by atoms with Crippen molar-refractivity contribution in [2.45, 2.75) is 45.6 Å². The van der Waals surface area contributed by atoms with Gasteiger partial charge in [0.25, 0.3) is 0 Å². The molecule has 2 fully saturated rings. The summed E-state index contributed by atoms with van der Waals surface area (Å²) in [5, 5.41) is 9.76. The van der Waals surface area contributed by atoms with Crippen LogP contribution in [0.15, 0.2) is 0 Å². The van der Waals surface area contributed by atoms with Crippen LogP contribution >= 0.6 is 0 Å². The summed E-state index contributed by atoms with van der Waals surface area (Å²) in [7, 11) is 0. The number of rotatable bonds is 1. The maximum atomic E-state index is 12.2. The summed E-state index contributed by atoms with van der Waals surface area (Å²) < 4.78 is 0. The average Bonchev–Trinajstić information content (AvgIpc) is 2.17. The van der Waals surface area contributed by atoms with Crippen molar-refractivity contribution in [2.24, 2.45) is 11.3 Å². The second-order valence-electron chi connectivity index (χ2n) is 5.50. The summed E-state index contributed by atoms with van der Waals surface area (Å²) in [4.78, 5) is 14.0. The van der Waals surface area contributed by atoms with E-state index in [9.17, 15) is 9.90 Å². The lowest BCUT2D eigenvalue weighted by molar-refractivity contribution is -0.150. The zero-order valence-electron chi connectivity index (χ0n) is 9.70. The molecule has 0 aromatic carbocycles. The van der Waals surface area contributed by atoms with Gasteiger partial charge in [-0.15, -0.1) is 0 Å². The molecule has 0 bridgehead atoms. The molecule has 15 heavy (non-hydrogen) atoms. The number of β-amino-alcohol motifs (C(OH)–C–C–N with tert-alkyl or cyclic N) is 1. The molecule has 0 aromatic rings. The van der Waals surface area contributed by atoms with Crippen molar-refractivity contribution in [1.82, 2.24) is 4.90 Å². The number of carbonyl (C=O) groups excluding carboxylic acids is 1. The molecular weight excluding hydrogens is 190 g/mol. The predicted molar refractivity (Wildman–Crippen MR) is 58.3 cm³/mol. The van der Waals surface area contributed by atoms with E-state index in [1.807, 2.05) is 4.90 Å². The van der Waals surface area contributed by atoms with Crippen LogP contribution in [0.25, 0.3) is 0 Å². The number of likely N-dealkylation sites (tertiary alicyclic amines) is 1. The molecule has 1 saturated carbocycles. The van der Waals surface area contributed by atoms with E-state index in [2.05, 4.69) is 13.8 Å². The van der Waals surface area contributed by atoms with Crippen molar-refractivity contribution < 1.29 is 9.90 Å². The molecule has 1 N–H and O–H groups in total. The molecule has 0 radical (unpaired) electrons. The van der Waals surface area contributed by atoms with Gasteiger partial charge in [0.05, 0.1) is 6.10 Å². The molecular formula is C12H21NO2. The highest BCUT2D eigenvalue weighted by molar-refractivity contribution is 5.83. The van der Waals surface area contributed by atoms with Crippen molar-refractivity contribution in [2.75, 3.05) is 13.1 Å². The minimum Gasteiger partial charge on any atom is -0.391 e. The second-order valence-corrected chi connectivity index (χ2v) is 5.50. The molecule has 3 nitrogen and oxygen atoms in total. The Morgan fingerprint density at radius 3 is 2.60 bits per heavy atom. The topological polar surface area (TPSA) is 40.5 Å². The molecule has 1 heterocycles. The van der Waals surface area contributed by atoms with Gasteiger partial charge >= 0.3 is 0 Å². The highest BCUT2D eigenvalue weighted by Gasteiger charge is 2.43. The van der Waals surface area contributed by atoms with E-state index >= 15 is 0 Å². The molecule has 2 aliphatic rings. The molecule has 86 valence electrons. The lowest BCUT2D eigenvalue weighted by Gasteiger charge is -2.43. The van der Waals surface area contributed by atoms with Gasteiger partial charge in [0.1, 0.15) is 0 Å². The van der Waals surface area contributed by atoms with Gasteiger partial charge in [-0.05, 0) is 25.2 Å². The molecule has 2 unspecified atom stereocenters. The van der Waals surface area contributed by atoms with Gasteiger partial charge in [-0.1, -0.05) is 20.3 Å². The summed E-state index contributed by atoms with van der Waals surface area (Å²) in [6.07, 6.45) is 3.83. The number of amides is 1. The fourth-order valence-electron chi connectivity index (χ4n) is 2.54. The Labute approximate surface area is 91.5 Å². The first-order chi connectivity index (χ1) is 7.03. The monoisotopic (exact) mass is 211 g/mol. The molecule has 2 atom stereocenters. The Balaban J connectivity index is 1.97. The van der Waals surface area contributed by atoms with Crippen molar-refractivity contribution in [3.05, 3.63) is 0 Å². The minimum absolute atomic E-state index is 0.111. The molecule has 3 heteroatoms. The van der Waals surface area contributed by atoms with E-state index in [4.69, 9.17) is 0 Å². The van der Waals surface area contributed by atoms with Crippen molar-refractivity contribution >= 4 is 5.91 Å². The Morgan fingerprint density at radius 2 is 2.13 bits per heavy atom. The number of hydrogen-bond acceptors (Lipinski definition) is 2. The first kappa shape index (κ1) is 10.9. The van der Waals surface area contributed by atoms with E-state index in [0.29, 0.717) is 12.5 Å². The predicted octanol–water partition coefficient (Wildman–Crippen LogP) is 1.41. The lowest BCUT2D eigenvalue weighted by Crippen LogP contribution is -2.52. The highest BCUT2D eigenvalue weighted by Crippen LogP contribution is 2.42. The standard InChI is InChI=1S/C12H21NO2/c1-9-4-7-13(8-10(9)14)11(15)12(2)5-3-6-12/h9-10,14H,3-8H2,1-2H3. The summed E-state index contributed by atoms with van der Waals surface area (Å²) >= 11 is 0. The number of aliphatic hydroxyl groups excluding tert-OH is 1. The van der Waals surface area contributed by atoms with Gasteiger partial charge in [0.15, 0.2) is 0 Å². The third kappa shape index (κ3) is 1.89. The third-order valence-corrected chi connectivity index (χ3v) is 4.18. The molecule has 2 rings (SSSR count). The first-order valence-electron chi connectivity index (χ1n) is 6.00. The van der Waals surface area contributed by atoms with Gasteiger partial charge in [-0.2, -0.15) is 0 Å². The van der Waals surface area contributed by atoms with Crippen LogP contribution in [0.2, 0.25) is 0 Å². The Kier molecular flexibility index (Phi) is 2.75. The Hall–Kier alpha value is -0.570. The van der Waals surface area contributed by atoms with E-state index in [-0.39, 0.29) is 17.4 Å². The fourth-order valence-corrected chi connectivity index (χ4v) is 2.54. The maximum absolute atomic E-state index is 12.2. The molecule has 1 amide bonds. The van der Waals surface area contributed by atoms with Gasteiger partial charge in [0.2, 0.25) is 5.91 Å². The second kappa shape index (κ2) is 3.78. The minimum atomic E-state index is -0.327. The Morgan fingerprint density at radius 1 is 1.47 bits per heavy atom. The molecule has 1 saturated heterocycles. The maximum Gasteiger partial charge on any atom is 0.228 e. The summed E-state index contributed by atoms with van der Waals surface area (Å²) in [5.74, 6) is 0.600. The van der Waals surface area contributed by atoms with Crippen molar-refractivity contribution in [1.29, 1.82) is 0 Å². The summed E-state index contributed by atoms with van der Waals surface area (Å²) in [6.45, 7) is 5.48. The molecule has 0 aromatic heterocycles. The van der Waals surface area contributed by atoms with E-state index in [1.165, 1.54) is 6.42 Å². The van der Waals surface area contributed by atoms with E-state index in [1.54, 1.807) is 0 Å². The number of hydrogen-bond donors (Lipinski definition) is 1. The molecule has 0 spiro atoms. The van der Waals surface area contributed by atoms with Crippen LogP contribution in [0.3, 0.4) is 0 Å². The largest absolute Gasteiger partial charge is 0.391 e. The normalized spacial score (nSPS) is 34.7. The van der Waals surface area contributed by atoms with Crippen molar-refractivity contribution in [3.8, 4) is 0 Å². The van der Waals surface area contributed by atoms with Crippen molar-refractivity contribution in [3.63, 3.8) is 0 Å². The third-order valence-electron chi connectivity index (χ3n) is 4.18. The van der Waals surface area contributed by atoms with Gasteiger partial charge < -0.3 is 10.0 Å². The Bertz CT molecular complexity index is 260. The highest BCUT2D eigenvalue weighted by atomic mass is 16.3. The van der Waals surface area contributed by atoms with E-state index in [0.717, 1.165) is 25.8 Å². The zero-order valence-corrected chi connectivity index (χ0v) is 9.70. The summed E-state index contributed by atoms with van der Waals surface area (Å²) in [6, 6.07) is 0. The van der Waals surface area contributed by atoms with Gasteiger partial charge in [-0.25, -0.2) is 0 Å². The van der Waals surface area contributed by atoms with E-state index < -0.39 is 0 Å². The van der Waals surface area contributed by atoms with Crippen LogP contribution in [-0.4, -0.2) is 35.1 Å². The number of carbonyl (C=O) groups is 1. The number of nitrogens with zero attached hydrogens (tertiary/aromatic N) is 1. The zero-order chi connectivity index (χ0) is 11.1. The smallest absolute Gasteiger partial charge is 0.228 e. The van der Waals surface area contributed by atoms with Crippen LogP contribution in [-0.2, 0) is 4.79 Å². The van der Waals surface area contributed by atoms with Crippen LogP contribution < -0.4 is 0 Å². The fraction of sp³-hybridized carbons (Fsp3) is 0.917. The van der Waals surface area contributed by atoms with Gasteiger partial charge in [-0.3, -0.25) is 4.79 Å². The van der Waals surface area contributed by atoms with Gasteiger partial charge in [0, 0.05) is 18.5 Å². The number of piperidine rings is 1. The number of aliphatic hydroxyl groups is 1. The lowest BCUT2D eigenvalue weighted by atomic mass is 9.69. The quantitative estimate of drug-likeness (QED) is 0.712. The summed E-state index contributed by atoms with van der Waals surface area (Å²) in [5.41, 5.74) is -0.111. The molecule has 1 aliphatic heterocycles. The molecule has 1 aliphatic carbocycles. The SMILES string of the molecule is CC1CCN(C(=O)C2(C)CCC2)CC1O. The van der Waals surface area contributed by atoms with Crippen LogP contribution in [0.1, 0.15) is 39.5 Å². The first-order valence-corrected chi connectivity index (χ1v) is 6.00. The van der Waals surface area contributed by atoms with Crippen LogP contribution in [0, 0.1) is 11.3 Å².